The van der Waals surface area contributed by atoms with E-state index in [2.05, 4.69) is 5.32 Å². The van der Waals surface area contributed by atoms with Gasteiger partial charge < -0.3 is 19.5 Å². The number of esters is 2. The van der Waals surface area contributed by atoms with Crippen molar-refractivity contribution in [2.24, 2.45) is 0 Å². The molecule has 1 N–H and O–H groups in total. The van der Waals surface area contributed by atoms with Crippen LogP contribution in [0.2, 0.25) is 0 Å². The minimum Gasteiger partial charge on any atom is -0.464 e. The van der Waals surface area contributed by atoms with E-state index in [9.17, 15) is 9.59 Å². The van der Waals surface area contributed by atoms with Gasteiger partial charge in [0.2, 0.25) is 0 Å². The predicted molar refractivity (Wildman–Crippen MR) is 95.2 cm³/mol. The number of benzene rings is 1. The predicted octanol–water partition coefficient (Wildman–Crippen LogP) is 2.11. The molecule has 0 aromatic heterocycles. The maximum Gasteiger partial charge on any atom is 0.332 e. The van der Waals surface area contributed by atoms with Gasteiger partial charge in [0.25, 0.3) is 0 Å². The number of hydrogen-bond donors (Lipinski definition) is 1. The van der Waals surface area contributed by atoms with Crippen LogP contribution in [-0.2, 0) is 30.2 Å². The summed E-state index contributed by atoms with van der Waals surface area (Å²) in [6.45, 7) is 7.82. The van der Waals surface area contributed by atoms with Crippen molar-refractivity contribution >= 4 is 11.9 Å². The summed E-state index contributed by atoms with van der Waals surface area (Å²) in [5, 5.41) is 3.14. The number of nitrogens with one attached hydrogen (secondary N) is 1. The van der Waals surface area contributed by atoms with Crippen LogP contribution in [0.5, 0.6) is 0 Å². The summed E-state index contributed by atoms with van der Waals surface area (Å²) in [6.07, 6.45) is 0.673. The van der Waals surface area contributed by atoms with Crippen molar-refractivity contribution in [1.29, 1.82) is 0 Å². The van der Waals surface area contributed by atoms with Crippen LogP contribution in [0.25, 0.3) is 0 Å². The average Bonchev–Trinajstić information content (AvgIpc) is 2.52. The van der Waals surface area contributed by atoms with E-state index in [1.54, 1.807) is 6.92 Å². The maximum absolute atomic E-state index is 11.9. The second-order valence-corrected chi connectivity index (χ2v) is 6.67. The van der Waals surface area contributed by atoms with Gasteiger partial charge in [0, 0.05) is 6.04 Å². The molecule has 0 spiro atoms. The molecule has 0 aliphatic heterocycles. The Morgan fingerprint density at radius 2 is 1.80 bits per heavy atom. The van der Waals surface area contributed by atoms with Crippen LogP contribution in [0.1, 0.15) is 33.3 Å². The molecule has 0 fully saturated rings. The smallest absolute Gasteiger partial charge is 0.332 e. The molecule has 0 bridgehead atoms. The second kappa shape index (κ2) is 10.8. The fourth-order valence-corrected chi connectivity index (χ4v) is 2.18. The fourth-order valence-electron chi connectivity index (χ4n) is 2.18. The summed E-state index contributed by atoms with van der Waals surface area (Å²) in [5.41, 5.74) is 0.595. The molecule has 6 nitrogen and oxygen atoms in total. The summed E-state index contributed by atoms with van der Waals surface area (Å²) >= 11 is 0. The first-order valence-electron chi connectivity index (χ1n) is 8.52. The molecule has 0 amide bonds. The Hall–Kier alpha value is -1.92. The van der Waals surface area contributed by atoms with Crippen LogP contribution in [-0.4, -0.2) is 49.9 Å². The molecule has 140 valence electrons. The van der Waals surface area contributed by atoms with Crippen LogP contribution in [0.3, 0.4) is 0 Å². The van der Waals surface area contributed by atoms with E-state index in [0.29, 0.717) is 13.0 Å². The molecule has 25 heavy (non-hydrogen) atoms. The van der Waals surface area contributed by atoms with E-state index in [-0.39, 0.29) is 31.8 Å². The molecule has 1 aromatic carbocycles. The molecule has 0 saturated carbocycles. The zero-order valence-electron chi connectivity index (χ0n) is 15.5. The van der Waals surface area contributed by atoms with Crippen LogP contribution >= 0.6 is 0 Å². The van der Waals surface area contributed by atoms with Crippen LogP contribution < -0.4 is 5.32 Å². The van der Waals surface area contributed by atoms with E-state index >= 15 is 0 Å². The SMILES string of the molecule is CCOC(=O)COC[C@H](Cc1ccccc1)NCC(=O)OC(C)(C)C. The molecule has 6 heteroatoms. The van der Waals surface area contributed by atoms with Crippen LogP contribution in [0.15, 0.2) is 30.3 Å². The molecule has 0 aliphatic carbocycles. The lowest BCUT2D eigenvalue weighted by atomic mass is 10.1. The molecule has 1 aromatic rings. The maximum atomic E-state index is 11.9. The number of carbonyl (C=O) groups is 2. The molecular formula is C19H29NO5. The standard InChI is InChI=1S/C19H29NO5/c1-5-24-18(22)14-23-13-16(11-15-9-7-6-8-10-15)20-12-17(21)25-19(2,3)4/h6-10,16,20H,5,11-14H2,1-4H3/t16-/m0/s1. The molecule has 0 unspecified atom stereocenters. The largest absolute Gasteiger partial charge is 0.464 e. The van der Waals surface area contributed by atoms with Gasteiger partial charge in [0.05, 0.1) is 19.8 Å². The molecule has 1 rings (SSSR count). The van der Waals surface area contributed by atoms with Gasteiger partial charge in [-0.2, -0.15) is 0 Å². The van der Waals surface area contributed by atoms with Gasteiger partial charge >= 0.3 is 11.9 Å². The van der Waals surface area contributed by atoms with Gasteiger partial charge in [-0.05, 0) is 39.7 Å². The number of rotatable bonds is 10. The van der Waals surface area contributed by atoms with E-state index < -0.39 is 11.6 Å². The Kier molecular flexibility index (Phi) is 9.16. The fraction of sp³-hybridized carbons (Fsp3) is 0.579. The summed E-state index contributed by atoms with van der Waals surface area (Å²) in [5.74, 6) is -0.718. The Bertz CT molecular complexity index is 524. The van der Waals surface area contributed by atoms with Crippen molar-refractivity contribution in [2.75, 3.05) is 26.4 Å². The number of carbonyl (C=O) groups excluding carboxylic acids is 2. The highest BCUT2D eigenvalue weighted by molar-refractivity contribution is 5.72. The first-order chi connectivity index (χ1) is 11.8. The van der Waals surface area contributed by atoms with Crippen molar-refractivity contribution in [1.82, 2.24) is 5.32 Å². The minimum absolute atomic E-state index is 0.0809. The average molecular weight is 351 g/mol. The van der Waals surface area contributed by atoms with Crippen molar-refractivity contribution in [3.05, 3.63) is 35.9 Å². The summed E-state index contributed by atoms with van der Waals surface area (Å²) in [6, 6.07) is 9.76. The van der Waals surface area contributed by atoms with Crippen molar-refractivity contribution in [2.45, 2.75) is 45.8 Å². The highest BCUT2D eigenvalue weighted by atomic mass is 16.6. The zero-order chi connectivity index (χ0) is 18.7. The zero-order valence-corrected chi connectivity index (χ0v) is 15.5. The molecule has 0 heterocycles. The normalized spacial score (nSPS) is 12.5. The van der Waals surface area contributed by atoms with Crippen molar-refractivity contribution in [3.8, 4) is 0 Å². The third-order valence-electron chi connectivity index (χ3n) is 3.12. The Morgan fingerprint density at radius 1 is 1.12 bits per heavy atom. The topological polar surface area (TPSA) is 73.9 Å². The molecule has 0 aliphatic rings. The monoisotopic (exact) mass is 351 g/mol. The first-order valence-corrected chi connectivity index (χ1v) is 8.52. The summed E-state index contributed by atoms with van der Waals surface area (Å²) < 4.78 is 15.6. The molecular weight excluding hydrogens is 322 g/mol. The van der Waals surface area contributed by atoms with E-state index in [1.807, 2.05) is 51.1 Å². The van der Waals surface area contributed by atoms with Gasteiger partial charge in [-0.25, -0.2) is 4.79 Å². The Balaban J connectivity index is 2.52. The Labute approximate surface area is 149 Å². The number of hydrogen-bond acceptors (Lipinski definition) is 6. The van der Waals surface area contributed by atoms with Gasteiger partial charge in [-0.3, -0.25) is 4.79 Å². The third-order valence-corrected chi connectivity index (χ3v) is 3.12. The lowest BCUT2D eigenvalue weighted by Gasteiger charge is -2.22. The van der Waals surface area contributed by atoms with Crippen LogP contribution in [0, 0.1) is 0 Å². The van der Waals surface area contributed by atoms with Crippen molar-refractivity contribution in [3.63, 3.8) is 0 Å². The second-order valence-electron chi connectivity index (χ2n) is 6.67. The lowest BCUT2D eigenvalue weighted by Crippen LogP contribution is -2.41. The van der Waals surface area contributed by atoms with E-state index in [0.717, 1.165) is 5.56 Å². The first kappa shape index (κ1) is 21.1. The highest BCUT2D eigenvalue weighted by Crippen LogP contribution is 2.07. The lowest BCUT2D eigenvalue weighted by molar-refractivity contribution is -0.154. The van der Waals surface area contributed by atoms with Gasteiger partial charge in [-0.15, -0.1) is 0 Å². The van der Waals surface area contributed by atoms with Crippen molar-refractivity contribution < 1.29 is 23.8 Å². The van der Waals surface area contributed by atoms with E-state index in [1.165, 1.54) is 0 Å². The minimum atomic E-state index is -0.520. The molecule has 0 saturated heterocycles. The highest BCUT2D eigenvalue weighted by Gasteiger charge is 2.18. The summed E-state index contributed by atoms with van der Waals surface area (Å²) in [4.78, 5) is 23.2. The van der Waals surface area contributed by atoms with E-state index in [4.69, 9.17) is 14.2 Å². The molecule has 0 radical (unpaired) electrons. The third kappa shape index (κ3) is 10.5. The van der Waals surface area contributed by atoms with Gasteiger partial charge in [0.1, 0.15) is 12.2 Å². The Morgan fingerprint density at radius 3 is 2.40 bits per heavy atom. The summed E-state index contributed by atoms with van der Waals surface area (Å²) in [7, 11) is 0. The quantitative estimate of drug-likeness (QED) is 0.651. The van der Waals surface area contributed by atoms with Crippen LogP contribution in [0.4, 0.5) is 0 Å². The molecule has 1 atom stereocenters. The van der Waals surface area contributed by atoms with Gasteiger partial charge in [-0.1, -0.05) is 30.3 Å². The number of ether oxygens (including phenoxy) is 3. The van der Waals surface area contributed by atoms with Gasteiger partial charge in [0.15, 0.2) is 0 Å².